The van der Waals surface area contributed by atoms with E-state index in [2.05, 4.69) is 5.32 Å². The van der Waals surface area contributed by atoms with Gasteiger partial charge in [0.05, 0.1) is 11.4 Å². The van der Waals surface area contributed by atoms with Gasteiger partial charge >= 0.3 is 0 Å². The fourth-order valence-electron chi connectivity index (χ4n) is 7.64. The molecule has 33 heavy (non-hydrogen) atoms. The average molecular weight is 475 g/mol. The lowest BCUT2D eigenvalue weighted by atomic mass is 9.47. The highest BCUT2D eigenvalue weighted by atomic mass is 32.2. The molecular formula is C24H34N4O4S. The first-order valence-corrected chi connectivity index (χ1v) is 13.2. The number of rotatable bonds is 6. The number of nitrogens with one attached hydrogen (secondary N) is 1. The lowest BCUT2D eigenvalue weighted by Gasteiger charge is -2.59. The number of carbonyl (C=O) groups excluding carboxylic acids is 2. The summed E-state index contributed by atoms with van der Waals surface area (Å²) in [4.78, 5) is 26.3. The van der Waals surface area contributed by atoms with E-state index in [1.807, 2.05) is 0 Å². The number of amides is 2. The molecule has 3 atom stereocenters. The van der Waals surface area contributed by atoms with Crippen molar-refractivity contribution in [2.75, 3.05) is 10.0 Å². The molecule has 0 spiro atoms. The lowest BCUT2D eigenvalue weighted by molar-refractivity contribution is -0.148. The number of nitrogens with zero attached hydrogens (tertiary/aromatic N) is 1. The number of carbonyl (C=O) groups is 2. The van der Waals surface area contributed by atoms with Crippen molar-refractivity contribution in [3.05, 3.63) is 24.3 Å². The summed E-state index contributed by atoms with van der Waals surface area (Å²) < 4.78 is 24.4. The van der Waals surface area contributed by atoms with E-state index in [9.17, 15) is 18.4 Å². The van der Waals surface area contributed by atoms with Crippen molar-refractivity contribution >= 4 is 34.5 Å². The van der Waals surface area contributed by atoms with Gasteiger partial charge in [-0.05, 0) is 74.8 Å². The van der Waals surface area contributed by atoms with Crippen LogP contribution in [0.4, 0.5) is 11.4 Å². The molecule has 6 N–H and O–H groups in total. The second-order valence-corrected chi connectivity index (χ2v) is 11.6. The molecule has 0 radical (unpaired) electrons. The van der Waals surface area contributed by atoms with Gasteiger partial charge in [0.15, 0.2) is 0 Å². The SMILES string of the molecule is NC(=O)C12CC3CC(C1)C(NC(=O)C1(N(c4ccccc4N)S(=O)O)CCCCC1)C(C3)C2. The normalized spacial score (nSPS) is 35.1. The summed E-state index contributed by atoms with van der Waals surface area (Å²) in [5, 5.41) is 3.33. The fraction of sp³-hybridized carbons (Fsp3) is 0.667. The Labute approximate surface area is 197 Å². The Morgan fingerprint density at radius 3 is 2.27 bits per heavy atom. The molecule has 5 saturated carbocycles. The second kappa shape index (κ2) is 8.27. The van der Waals surface area contributed by atoms with Crippen LogP contribution in [0.5, 0.6) is 0 Å². The van der Waals surface area contributed by atoms with Gasteiger partial charge in [0.2, 0.25) is 11.8 Å². The number of hydrogen-bond acceptors (Lipinski definition) is 4. The van der Waals surface area contributed by atoms with E-state index in [-0.39, 0.29) is 29.7 Å². The highest BCUT2D eigenvalue weighted by molar-refractivity contribution is 7.80. The van der Waals surface area contributed by atoms with Crippen LogP contribution in [0.25, 0.3) is 0 Å². The van der Waals surface area contributed by atoms with Gasteiger partial charge in [0, 0.05) is 11.5 Å². The third-order valence-electron chi connectivity index (χ3n) is 8.90. The molecule has 2 amide bonds. The van der Waals surface area contributed by atoms with Crippen LogP contribution in [0.3, 0.4) is 0 Å². The summed E-state index contributed by atoms with van der Waals surface area (Å²) in [6, 6.07) is 6.90. The van der Waals surface area contributed by atoms with E-state index in [1.165, 1.54) is 4.31 Å². The molecule has 0 aromatic heterocycles. The van der Waals surface area contributed by atoms with Crippen molar-refractivity contribution in [2.24, 2.45) is 28.9 Å². The Kier molecular flexibility index (Phi) is 5.68. The number of primary amides is 1. The molecule has 0 heterocycles. The van der Waals surface area contributed by atoms with Crippen LogP contribution in [-0.2, 0) is 20.9 Å². The van der Waals surface area contributed by atoms with Crippen molar-refractivity contribution in [2.45, 2.75) is 75.8 Å². The molecule has 8 nitrogen and oxygen atoms in total. The number of para-hydroxylation sites is 2. The number of hydrogen-bond donors (Lipinski definition) is 4. The molecule has 5 aliphatic rings. The molecule has 4 bridgehead atoms. The van der Waals surface area contributed by atoms with Gasteiger partial charge < -0.3 is 16.8 Å². The van der Waals surface area contributed by atoms with Crippen LogP contribution in [0.15, 0.2) is 24.3 Å². The molecule has 1 aromatic carbocycles. The summed E-state index contributed by atoms with van der Waals surface area (Å²) in [7, 11) is 0. The summed E-state index contributed by atoms with van der Waals surface area (Å²) in [5.41, 5.74) is 11.2. The quantitative estimate of drug-likeness (QED) is 0.371. The molecule has 5 aliphatic carbocycles. The van der Waals surface area contributed by atoms with Crippen LogP contribution >= 0.6 is 0 Å². The van der Waals surface area contributed by atoms with Gasteiger partial charge in [-0.25, -0.2) is 4.21 Å². The molecule has 5 fully saturated rings. The number of benzene rings is 1. The summed E-state index contributed by atoms with van der Waals surface area (Å²) in [5.74, 6) is 0.555. The molecule has 6 rings (SSSR count). The van der Waals surface area contributed by atoms with E-state index in [0.717, 1.165) is 51.4 Å². The van der Waals surface area contributed by atoms with Crippen molar-refractivity contribution < 1.29 is 18.4 Å². The zero-order chi connectivity index (χ0) is 23.4. The predicted octanol–water partition coefficient (Wildman–Crippen LogP) is 2.71. The monoisotopic (exact) mass is 474 g/mol. The van der Waals surface area contributed by atoms with Crippen molar-refractivity contribution in [3.8, 4) is 0 Å². The van der Waals surface area contributed by atoms with E-state index < -0.39 is 22.2 Å². The highest BCUT2D eigenvalue weighted by Gasteiger charge is 2.59. The largest absolute Gasteiger partial charge is 0.397 e. The zero-order valence-electron chi connectivity index (χ0n) is 18.9. The minimum atomic E-state index is -2.41. The Bertz CT molecular complexity index is 963. The molecule has 0 saturated heterocycles. The van der Waals surface area contributed by atoms with Crippen molar-refractivity contribution in [3.63, 3.8) is 0 Å². The van der Waals surface area contributed by atoms with Crippen LogP contribution in [-0.4, -0.2) is 32.2 Å². The maximum absolute atomic E-state index is 14.0. The Hall–Kier alpha value is -2.13. The van der Waals surface area contributed by atoms with Crippen LogP contribution in [0.2, 0.25) is 0 Å². The van der Waals surface area contributed by atoms with E-state index in [4.69, 9.17) is 11.5 Å². The molecular weight excluding hydrogens is 440 g/mol. The molecule has 0 aliphatic heterocycles. The maximum atomic E-state index is 14.0. The first kappa shape index (κ1) is 22.7. The van der Waals surface area contributed by atoms with Crippen molar-refractivity contribution in [1.82, 2.24) is 5.32 Å². The van der Waals surface area contributed by atoms with E-state index in [0.29, 0.717) is 30.1 Å². The maximum Gasteiger partial charge on any atom is 0.262 e. The molecule has 180 valence electrons. The highest BCUT2D eigenvalue weighted by Crippen LogP contribution is 2.60. The summed E-state index contributed by atoms with van der Waals surface area (Å²) >= 11 is -2.41. The molecule has 3 unspecified atom stereocenters. The number of anilines is 2. The molecule has 9 heteroatoms. The Morgan fingerprint density at radius 1 is 1.06 bits per heavy atom. The van der Waals surface area contributed by atoms with Gasteiger partial charge in [-0.2, -0.15) is 0 Å². The van der Waals surface area contributed by atoms with E-state index in [1.54, 1.807) is 24.3 Å². The summed E-state index contributed by atoms with van der Waals surface area (Å²) in [6.07, 6.45) is 7.94. The van der Waals surface area contributed by atoms with Gasteiger partial charge in [-0.3, -0.25) is 18.4 Å². The zero-order valence-corrected chi connectivity index (χ0v) is 19.7. The Morgan fingerprint density at radius 2 is 1.70 bits per heavy atom. The van der Waals surface area contributed by atoms with Gasteiger partial charge in [0.25, 0.3) is 11.3 Å². The lowest BCUT2D eigenvalue weighted by Crippen LogP contribution is -2.67. The number of nitrogens with two attached hydrogens (primary N) is 2. The minimum absolute atomic E-state index is 0.0255. The van der Waals surface area contributed by atoms with Crippen LogP contribution in [0.1, 0.15) is 64.2 Å². The van der Waals surface area contributed by atoms with Gasteiger partial charge in [0.1, 0.15) is 5.54 Å². The van der Waals surface area contributed by atoms with Crippen molar-refractivity contribution in [1.29, 1.82) is 0 Å². The minimum Gasteiger partial charge on any atom is -0.397 e. The smallest absolute Gasteiger partial charge is 0.262 e. The molecule has 1 aromatic rings. The third-order valence-corrected chi connectivity index (χ3v) is 9.76. The van der Waals surface area contributed by atoms with Crippen LogP contribution in [0, 0.1) is 23.2 Å². The van der Waals surface area contributed by atoms with E-state index >= 15 is 0 Å². The predicted molar refractivity (Wildman–Crippen MR) is 127 cm³/mol. The second-order valence-electron chi connectivity index (χ2n) is 10.8. The third kappa shape index (κ3) is 3.64. The number of nitrogen functional groups attached to an aromatic ring is 1. The first-order valence-electron chi connectivity index (χ1n) is 12.1. The Balaban J connectivity index is 1.46. The average Bonchev–Trinajstić information content (AvgIpc) is 2.77. The van der Waals surface area contributed by atoms with Gasteiger partial charge in [-0.15, -0.1) is 0 Å². The van der Waals surface area contributed by atoms with Crippen LogP contribution < -0.4 is 21.1 Å². The summed E-state index contributed by atoms with van der Waals surface area (Å²) in [6.45, 7) is 0. The fourth-order valence-corrected chi connectivity index (χ4v) is 8.54. The standard InChI is InChI=1S/C24H34N4O4S/c25-18-6-2-3-7-19(18)28(33(31)32)24(8-4-1-5-9-24)22(30)27-20-16-10-15-11-17(20)14-23(12-15,13-16)21(26)29/h2-3,6-7,15-17,20H,1,4-5,8-14,25H2,(H2,26,29)(H,27,30)(H,31,32). The van der Waals surface area contributed by atoms with Gasteiger partial charge in [-0.1, -0.05) is 31.4 Å². The first-order chi connectivity index (χ1) is 15.8. The topological polar surface area (TPSA) is 139 Å².